The molecule has 1 aliphatic rings. The van der Waals surface area contributed by atoms with E-state index in [9.17, 15) is 4.79 Å². The highest BCUT2D eigenvalue weighted by atomic mass is 127. The van der Waals surface area contributed by atoms with E-state index in [-0.39, 0.29) is 5.91 Å². The lowest BCUT2D eigenvalue weighted by atomic mass is 10.0. The summed E-state index contributed by atoms with van der Waals surface area (Å²) >= 11 is 2.17. The number of rotatable bonds is 3. The number of nitrogen functional groups attached to an aromatic ring is 1. The van der Waals surface area contributed by atoms with Crippen molar-refractivity contribution < 1.29 is 4.79 Å². The number of carbonyl (C=O) groups excluding carboxylic acids is 1. The SMILES string of the molecule is C[C@H]1CCCCN1c1ccc(NC(=O)c2ccccc2I)cc1N. The molecule has 1 atom stereocenters. The molecule has 2 aromatic rings. The average Bonchev–Trinajstić information content (AvgIpc) is 2.56. The number of nitrogens with two attached hydrogens (primary N) is 1. The Hall–Kier alpha value is -1.76. The predicted molar refractivity (Wildman–Crippen MR) is 109 cm³/mol. The van der Waals surface area contributed by atoms with E-state index in [1.807, 2.05) is 42.5 Å². The molecule has 3 N–H and O–H groups in total. The van der Waals surface area contributed by atoms with Crippen LogP contribution in [0.2, 0.25) is 0 Å². The van der Waals surface area contributed by atoms with Crippen LogP contribution in [0.15, 0.2) is 42.5 Å². The van der Waals surface area contributed by atoms with E-state index in [1.165, 1.54) is 19.3 Å². The zero-order valence-corrected chi connectivity index (χ0v) is 15.9. The van der Waals surface area contributed by atoms with Gasteiger partial charge < -0.3 is 16.0 Å². The van der Waals surface area contributed by atoms with Crippen molar-refractivity contribution in [2.75, 3.05) is 22.5 Å². The third-order valence-corrected chi connectivity index (χ3v) is 5.46. The first-order valence-electron chi connectivity index (χ1n) is 8.28. The van der Waals surface area contributed by atoms with Crippen LogP contribution in [0.25, 0.3) is 0 Å². The van der Waals surface area contributed by atoms with Gasteiger partial charge in [-0.3, -0.25) is 4.79 Å². The lowest BCUT2D eigenvalue weighted by molar-refractivity contribution is 0.102. The van der Waals surface area contributed by atoms with Gasteiger partial charge in [-0.1, -0.05) is 12.1 Å². The van der Waals surface area contributed by atoms with E-state index in [4.69, 9.17) is 5.73 Å². The molecule has 0 saturated carbocycles. The maximum atomic E-state index is 12.4. The van der Waals surface area contributed by atoms with E-state index in [1.54, 1.807) is 0 Å². The van der Waals surface area contributed by atoms with E-state index in [0.717, 1.165) is 21.5 Å². The maximum absolute atomic E-state index is 12.4. The Morgan fingerprint density at radius 1 is 1.25 bits per heavy atom. The number of piperidine rings is 1. The molecule has 1 saturated heterocycles. The molecule has 1 fully saturated rings. The van der Waals surface area contributed by atoms with Gasteiger partial charge in [-0.25, -0.2) is 0 Å². The van der Waals surface area contributed by atoms with Gasteiger partial charge in [0.25, 0.3) is 5.91 Å². The smallest absolute Gasteiger partial charge is 0.256 e. The van der Waals surface area contributed by atoms with Crippen LogP contribution in [0.1, 0.15) is 36.5 Å². The predicted octanol–water partition coefficient (Wildman–Crippen LogP) is 4.50. The quantitative estimate of drug-likeness (QED) is 0.551. The number of carbonyl (C=O) groups is 1. The highest BCUT2D eigenvalue weighted by Gasteiger charge is 2.20. The molecule has 0 radical (unpaired) electrons. The summed E-state index contributed by atoms with van der Waals surface area (Å²) in [5.74, 6) is -0.113. The highest BCUT2D eigenvalue weighted by Crippen LogP contribution is 2.31. The molecule has 0 bridgehead atoms. The third kappa shape index (κ3) is 3.66. The Balaban J connectivity index is 1.77. The molecule has 1 aliphatic heterocycles. The Bertz CT molecular complexity index is 747. The van der Waals surface area contributed by atoms with Gasteiger partial charge in [-0.2, -0.15) is 0 Å². The second kappa shape index (κ2) is 7.42. The molecule has 2 aromatic carbocycles. The number of nitrogens with zero attached hydrogens (tertiary/aromatic N) is 1. The van der Waals surface area contributed by atoms with Crippen LogP contribution in [0.4, 0.5) is 17.1 Å². The zero-order valence-electron chi connectivity index (χ0n) is 13.8. The third-order valence-electron chi connectivity index (χ3n) is 4.52. The average molecular weight is 435 g/mol. The van der Waals surface area contributed by atoms with Crippen molar-refractivity contribution in [3.8, 4) is 0 Å². The molecule has 3 rings (SSSR count). The zero-order chi connectivity index (χ0) is 17.1. The van der Waals surface area contributed by atoms with Crippen LogP contribution in [0.5, 0.6) is 0 Å². The molecule has 24 heavy (non-hydrogen) atoms. The largest absolute Gasteiger partial charge is 0.397 e. The van der Waals surface area contributed by atoms with Gasteiger partial charge in [0.2, 0.25) is 0 Å². The first-order chi connectivity index (χ1) is 11.6. The molecule has 0 aliphatic carbocycles. The van der Waals surface area contributed by atoms with Gasteiger partial charge in [-0.15, -0.1) is 0 Å². The molecule has 4 nitrogen and oxygen atoms in total. The van der Waals surface area contributed by atoms with Crippen molar-refractivity contribution >= 4 is 45.6 Å². The molecule has 0 aromatic heterocycles. The minimum Gasteiger partial charge on any atom is -0.397 e. The second-order valence-electron chi connectivity index (χ2n) is 6.25. The second-order valence-corrected chi connectivity index (χ2v) is 7.41. The molecule has 1 heterocycles. The first-order valence-corrected chi connectivity index (χ1v) is 9.36. The van der Waals surface area contributed by atoms with Crippen LogP contribution in [0, 0.1) is 3.57 Å². The maximum Gasteiger partial charge on any atom is 0.256 e. The standard InChI is InChI=1S/C19H22IN3O/c1-13-6-4-5-11-23(13)18-10-9-14(12-17(18)21)22-19(24)15-7-2-3-8-16(15)20/h2-3,7-10,12-13H,4-6,11,21H2,1H3,(H,22,24)/t13-/m0/s1. The Morgan fingerprint density at radius 3 is 2.75 bits per heavy atom. The molecule has 5 heteroatoms. The molecular weight excluding hydrogens is 413 g/mol. The molecule has 0 unspecified atom stereocenters. The number of halogens is 1. The summed E-state index contributed by atoms with van der Waals surface area (Å²) < 4.78 is 0.930. The molecule has 0 spiro atoms. The van der Waals surface area contributed by atoms with Crippen molar-refractivity contribution in [3.63, 3.8) is 0 Å². The minimum absolute atomic E-state index is 0.113. The lowest BCUT2D eigenvalue weighted by Gasteiger charge is -2.36. The van der Waals surface area contributed by atoms with E-state index < -0.39 is 0 Å². The lowest BCUT2D eigenvalue weighted by Crippen LogP contribution is -2.37. The van der Waals surface area contributed by atoms with Crippen molar-refractivity contribution in [1.29, 1.82) is 0 Å². The number of benzene rings is 2. The van der Waals surface area contributed by atoms with Gasteiger partial charge in [0.05, 0.1) is 16.9 Å². The Morgan fingerprint density at radius 2 is 2.04 bits per heavy atom. The fraction of sp³-hybridized carbons (Fsp3) is 0.316. The number of hydrogen-bond donors (Lipinski definition) is 2. The van der Waals surface area contributed by atoms with Gasteiger partial charge in [-0.05, 0) is 79.1 Å². The topological polar surface area (TPSA) is 58.4 Å². The van der Waals surface area contributed by atoms with Crippen LogP contribution < -0.4 is 16.0 Å². The van der Waals surface area contributed by atoms with Crippen LogP contribution >= 0.6 is 22.6 Å². The summed E-state index contributed by atoms with van der Waals surface area (Å²) in [6.07, 6.45) is 3.68. The number of nitrogens with one attached hydrogen (secondary N) is 1. The van der Waals surface area contributed by atoms with Crippen molar-refractivity contribution in [1.82, 2.24) is 0 Å². The molecular formula is C19H22IN3O. The van der Waals surface area contributed by atoms with Gasteiger partial charge in [0.15, 0.2) is 0 Å². The van der Waals surface area contributed by atoms with E-state index in [2.05, 4.69) is 39.7 Å². The fourth-order valence-electron chi connectivity index (χ4n) is 3.19. The molecule has 1 amide bonds. The van der Waals surface area contributed by atoms with E-state index in [0.29, 0.717) is 17.3 Å². The van der Waals surface area contributed by atoms with Gasteiger partial charge in [0.1, 0.15) is 0 Å². The van der Waals surface area contributed by atoms with Crippen LogP contribution in [0.3, 0.4) is 0 Å². The van der Waals surface area contributed by atoms with Gasteiger partial charge >= 0.3 is 0 Å². The van der Waals surface area contributed by atoms with Crippen molar-refractivity contribution in [2.24, 2.45) is 0 Å². The summed E-state index contributed by atoms with van der Waals surface area (Å²) in [5.41, 5.74) is 9.44. The monoisotopic (exact) mass is 435 g/mol. The Kier molecular flexibility index (Phi) is 5.28. The first kappa shape index (κ1) is 17.1. The summed E-state index contributed by atoms with van der Waals surface area (Å²) in [6, 6.07) is 13.8. The van der Waals surface area contributed by atoms with Crippen LogP contribution in [-0.2, 0) is 0 Å². The summed E-state index contributed by atoms with van der Waals surface area (Å²) in [5, 5.41) is 2.94. The summed E-state index contributed by atoms with van der Waals surface area (Å²) in [7, 11) is 0. The number of anilines is 3. The highest BCUT2D eigenvalue weighted by molar-refractivity contribution is 14.1. The number of hydrogen-bond acceptors (Lipinski definition) is 3. The summed E-state index contributed by atoms with van der Waals surface area (Å²) in [4.78, 5) is 14.8. The Labute approximate surface area is 156 Å². The number of amides is 1. The van der Waals surface area contributed by atoms with E-state index >= 15 is 0 Å². The van der Waals surface area contributed by atoms with Gasteiger partial charge in [0, 0.05) is 21.8 Å². The van der Waals surface area contributed by atoms with Crippen molar-refractivity contribution in [3.05, 3.63) is 51.6 Å². The fourth-order valence-corrected chi connectivity index (χ4v) is 3.83. The summed E-state index contributed by atoms with van der Waals surface area (Å²) in [6.45, 7) is 3.28. The molecule has 126 valence electrons. The van der Waals surface area contributed by atoms with Crippen molar-refractivity contribution in [2.45, 2.75) is 32.2 Å². The van der Waals surface area contributed by atoms with Crippen LogP contribution in [-0.4, -0.2) is 18.5 Å². The minimum atomic E-state index is -0.113. The normalized spacial score (nSPS) is 17.6.